The largest absolute Gasteiger partial charge is 0.478 e. The third kappa shape index (κ3) is 3.45. The number of carbonyl (C=O) groups excluding carboxylic acids is 1. The summed E-state index contributed by atoms with van der Waals surface area (Å²) in [5, 5.41) is 9.83. The Balaban J connectivity index is 1.77. The molecule has 0 aromatic heterocycles. The van der Waals surface area contributed by atoms with Gasteiger partial charge in [-0.05, 0) is 60.7 Å². The number of allylic oxidation sites excluding steroid dienone is 2. The minimum absolute atomic E-state index is 0.0835. The van der Waals surface area contributed by atoms with E-state index in [0.717, 1.165) is 42.4 Å². The number of rotatable bonds is 5. The summed E-state index contributed by atoms with van der Waals surface area (Å²) in [6, 6.07) is 8.10. The van der Waals surface area contributed by atoms with Crippen molar-refractivity contribution in [3.8, 4) is 11.5 Å². The van der Waals surface area contributed by atoms with E-state index in [4.69, 9.17) is 27.9 Å². The Kier molecular flexibility index (Phi) is 5.18. The second kappa shape index (κ2) is 7.51. The first-order chi connectivity index (χ1) is 13.8. The average molecular weight is 431 g/mol. The molecule has 0 bridgehead atoms. The number of benzene rings is 2. The van der Waals surface area contributed by atoms with Crippen LogP contribution in [0, 0.1) is 5.41 Å². The van der Waals surface area contributed by atoms with Gasteiger partial charge in [0.1, 0.15) is 16.5 Å². The van der Waals surface area contributed by atoms with E-state index in [2.05, 4.69) is 6.92 Å². The highest BCUT2D eigenvalue weighted by molar-refractivity contribution is 6.44. The van der Waals surface area contributed by atoms with Gasteiger partial charge < -0.3 is 9.84 Å². The zero-order chi connectivity index (χ0) is 20.8. The number of hydrogen-bond acceptors (Lipinski definition) is 3. The molecule has 2 aliphatic carbocycles. The third-order valence-corrected chi connectivity index (χ3v) is 6.67. The molecule has 0 saturated heterocycles. The van der Waals surface area contributed by atoms with Gasteiger partial charge >= 0.3 is 5.97 Å². The van der Waals surface area contributed by atoms with Crippen LogP contribution in [0.15, 0.2) is 36.4 Å². The van der Waals surface area contributed by atoms with Gasteiger partial charge in [0.2, 0.25) is 0 Å². The maximum absolute atomic E-state index is 12.1. The molecule has 2 aliphatic rings. The zero-order valence-electron chi connectivity index (χ0n) is 15.9. The van der Waals surface area contributed by atoms with Crippen LogP contribution in [-0.2, 0) is 11.2 Å². The lowest BCUT2D eigenvalue weighted by Gasteiger charge is -2.33. The van der Waals surface area contributed by atoms with Crippen LogP contribution < -0.4 is 4.74 Å². The van der Waals surface area contributed by atoms with Crippen molar-refractivity contribution in [2.75, 3.05) is 0 Å². The molecule has 150 valence electrons. The maximum Gasteiger partial charge on any atom is 0.335 e. The van der Waals surface area contributed by atoms with E-state index in [1.807, 2.05) is 6.07 Å². The van der Waals surface area contributed by atoms with Crippen molar-refractivity contribution >= 4 is 40.5 Å². The number of ether oxygens (including phenoxy) is 1. The lowest BCUT2D eigenvalue weighted by molar-refractivity contribution is -0.115. The maximum atomic E-state index is 12.1. The Hall–Kier alpha value is -2.30. The Bertz CT molecular complexity index is 1060. The summed E-state index contributed by atoms with van der Waals surface area (Å²) in [6.07, 6.45) is 5.88. The summed E-state index contributed by atoms with van der Waals surface area (Å²) in [4.78, 5) is 23.3. The van der Waals surface area contributed by atoms with E-state index in [-0.39, 0.29) is 21.8 Å². The Morgan fingerprint density at radius 2 is 2.03 bits per heavy atom. The Morgan fingerprint density at radius 1 is 1.24 bits per heavy atom. The second-order valence-electron chi connectivity index (χ2n) is 7.70. The van der Waals surface area contributed by atoms with Crippen molar-refractivity contribution in [2.45, 2.75) is 39.0 Å². The number of fused-ring (bicyclic) bond motifs is 3. The Morgan fingerprint density at radius 3 is 2.76 bits per heavy atom. The van der Waals surface area contributed by atoms with Crippen LogP contribution in [0.4, 0.5) is 0 Å². The van der Waals surface area contributed by atoms with Gasteiger partial charge in [0, 0.05) is 17.4 Å². The van der Waals surface area contributed by atoms with Gasteiger partial charge in [-0.3, -0.25) is 4.79 Å². The molecule has 0 saturated carbocycles. The lowest BCUT2D eigenvalue weighted by Crippen LogP contribution is -2.25. The number of carboxylic acid groups (broad SMARTS) is 1. The number of carboxylic acids is 1. The lowest BCUT2D eigenvalue weighted by atomic mass is 9.70. The van der Waals surface area contributed by atoms with Crippen LogP contribution in [0.3, 0.4) is 0 Å². The molecular formula is C23H20Cl2O4. The fraction of sp³-hybridized carbons (Fsp3) is 0.304. The van der Waals surface area contributed by atoms with Crippen LogP contribution in [0.5, 0.6) is 11.5 Å². The summed E-state index contributed by atoms with van der Waals surface area (Å²) in [6.45, 7) is 2.14. The van der Waals surface area contributed by atoms with Crippen molar-refractivity contribution in [3.05, 3.63) is 63.1 Å². The average Bonchev–Trinajstić information content (AvgIpc) is 3.00. The standard InChI is InChI=1S/C23H20Cl2O4/c1-2-7-23-8-6-15(26)11-17(23)19-14(12-23)10-18(20(24)21(19)25)29-16-5-3-4-13(9-16)22(27)28/h3-5,9-11H,2,6-8,12H2,1H3,(H,27,28). The highest BCUT2D eigenvalue weighted by Gasteiger charge is 2.45. The van der Waals surface area contributed by atoms with E-state index in [1.165, 1.54) is 12.1 Å². The first kappa shape index (κ1) is 20.0. The molecule has 1 N–H and O–H groups in total. The molecule has 1 atom stereocenters. The third-order valence-electron chi connectivity index (χ3n) is 5.82. The molecule has 0 fully saturated rings. The molecule has 2 aromatic carbocycles. The molecular weight excluding hydrogens is 411 g/mol. The quantitative estimate of drug-likeness (QED) is 0.581. The summed E-state index contributed by atoms with van der Waals surface area (Å²) in [7, 11) is 0. The van der Waals surface area contributed by atoms with Crippen molar-refractivity contribution in [3.63, 3.8) is 0 Å². The van der Waals surface area contributed by atoms with Gasteiger partial charge in [0.05, 0.1) is 10.6 Å². The van der Waals surface area contributed by atoms with Gasteiger partial charge in [-0.25, -0.2) is 4.79 Å². The second-order valence-corrected chi connectivity index (χ2v) is 8.46. The van der Waals surface area contributed by atoms with E-state index in [1.54, 1.807) is 18.2 Å². The van der Waals surface area contributed by atoms with E-state index >= 15 is 0 Å². The van der Waals surface area contributed by atoms with Crippen LogP contribution in [0.25, 0.3) is 5.57 Å². The highest BCUT2D eigenvalue weighted by Crippen LogP contribution is 2.58. The first-order valence-corrected chi connectivity index (χ1v) is 10.4. The van der Waals surface area contributed by atoms with Crippen LogP contribution >= 0.6 is 23.2 Å². The summed E-state index contributed by atoms with van der Waals surface area (Å²) in [5.41, 5.74) is 2.90. The predicted octanol–water partition coefficient (Wildman–Crippen LogP) is 6.57. The van der Waals surface area contributed by atoms with Crippen molar-refractivity contribution < 1.29 is 19.4 Å². The van der Waals surface area contributed by atoms with E-state index in [0.29, 0.717) is 22.9 Å². The number of ketones is 1. The van der Waals surface area contributed by atoms with E-state index in [9.17, 15) is 14.7 Å². The Labute approximate surface area is 179 Å². The fourth-order valence-electron chi connectivity index (χ4n) is 4.57. The molecule has 29 heavy (non-hydrogen) atoms. The molecule has 0 aliphatic heterocycles. The van der Waals surface area contributed by atoms with Crippen molar-refractivity contribution in [1.82, 2.24) is 0 Å². The molecule has 4 nitrogen and oxygen atoms in total. The van der Waals surface area contributed by atoms with Crippen molar-refractivity contribution in [2.24, 2.45) is 5.41 Å². The highest BCUT2D eigenvalue weighted by atomic mass is 35.5. The SMILES string of the molecule is CCCC12CCC(=O)C=C1c1c(cc(Oc3cccc(C(=O)O)c3)c(Cl)c1Cl)C2. The fourth-order valence-corrected chi connectivity index (χ4v) is 5.08. The molecule has 4 rings (SSSR count). The molecule has 0 spiro atoms. The zero-order valence-corrected chi connectivity index (χ0v) is 17.4. The molecule has 6 heteroatoms. The monoisotopic (exact) mass is 430 g/mol. The molecule has 0 amide bonds. The van der Waals surface area contributed by atoms with Gasteiger partial charge in [0.15, 0.2) is 5.78 Å². The number of aromatic carboxylic acids is 1. The van der Waals surface area contributed by atoms with Gasteiger partial charge in [0.25, 0.3) is 0 Å². The number of hydrogen-bond donors (Lipinski definition) is 1. The van der Waals surface area contributed by atoms with Gasteiger partial charge in [-0.2, -0.15) is 0 Å². The normalized spacial score (nSPS) is 20.1. The first-order valence-electron chi connectivity index (χ1n) is 9.62. The van der Waals surface area contributed by atoms with E-state index < -0.39 is 5.97 Å². The van der Waals surface area contributed by atoms with Crippen LogP contribution in [0.2, 0.25) is 10.0 Å². The minimum Gasteiger partial charge on any atom is -0.478 e. The van der Waals surface area contributed by atoms with Gasteiger partial charge in [-0.15, -0.1) is 0 Å². The molecule has 1 unspecified atom stereocenters. The smallest absolute Gasteiger partial charge is 0.335 e. The summed E-state index contributed by atoms with van der Waals surface area (Å²) in [5.74, 6) is -0.153. The van der Waals surface area contributed by atoms with Crippen LogP contribution in [0.1, 0.15) is 54.1 Å². The predicted molar refractivity (Wildman–Crippen MR) is 113 cm³/mol. The number of halogens is 2. The molecule has 0 radical (unpaired) electrons. The van der Waals surface area contributed by atoms with Crippen molar-refractivity contribution in [1.29, 1.82) is 0 Å². The molecule has 0 heterocycles. The van der Waals surface area contributed by atoms with Gasteiger partial charge in [-0.1, -0.05) is 42.6 Å². The summed E-state index contributed by atoms with van der Waals surface area (Å²) >= 11 is 13.2. The molecule has 2 aromatic rings. The number of carbonyl (C=O) groups is 2. The summed E-state index contributed by atoms with van der Waals surface area (Å²) < 4.78 is 5.91. The topological polar surface area (TPSA) is 63.6 Å². The van der Waals surface area contributed by atoms with Crippen LogP contribution in [-0.4, -0.2) is 16.9 Å². The minimum atomic E-state index is -1.03.